The van der Waals surface area contributed by atoms with Crippen molar-refractivity contribution >= 4 is 34.1 Å². The fourth-order valence-electron chi connectivity index (χ4n) is 6.65. The van der Waals surface area contributed by atoms with Gasteiger partial charge in [-0.2, -0.15) is 0 Å². The zero-order chi connectivity index (χ0) is 26.1. The van der Waals surface area contributed by atoms with E-state index in [2.05, 4.69) is 55.9 Å². The quantitative estimate of drug-likeness (QED) is 0.400. The second-order valence-corrected chi connectivity index (χ2v) is 13.0. The van der Waals surface area contributed by atoms with Crippen molar-refractivity contribution in [3.63, 3.8) is 0 Å². The maximum absolute atomic E-state index is 13.8. The van der Waals surface area contributed by atoms with Crippen LogP contribution >= 0.6 is 11.6 Å². The molecule has 2 aliphatic carbocycles. The number of fused-ring (bicyclic) bond motifs is 1. The van der Waals surface area contributed by atoms with E-state index in [1.165, 1.54) is 0 Å². The molecule has 0 spiro atoms. The van der Waals surface area contributed by atoms with Gasteiger partial charge in [-0.15, -0.1) is 0 Å². The zero-order valence-corrected chi connectivity index (χ0v) is 22.7. The molecule has 0 amide bonds. The van der Waals surface area contributed by atoms with Crippen LogP contribution in [0.5, 0.6) is 0 Å². The fourth-order valence-corrected chi connectivity index (χ4v) is 6.84. The Bertz CT molecular complexity index is 1480. The van der Waals surface area contributed by atoms with E-state index in [0.717, 1.165) is 62.4 Å². The van der Waals surface area contributed by atoms with Gasteiger partial charge in [-0.05, 0) is 46.9 Å². The Labute approximate surface area is 223 Å². The lowest BCUT2D eigenvalue weighted by molar-refractivity contribution is -0.119. The van der Waals surface area contributed by atoms with Crippen molar-refractivity contribution < 1.29 is 9.59 Å². The van der Waals surface area contributed by atoms with Gasteiger partial charge in [0.2, 0.25) is 0 Å². The zero-order valence-electron chi connectivity index (χ0n) is 22.0. The van der Waals surface area contributed by atoms with Crippen molar-refractivity contribution in [3.05, 3.63) is 93.4 Å². The van der Waals surface area contributed by atoms with E-state index in [1.807, 2.05) is 36.4 Å². The molecule has 0 radical (unpaired) electrons. The summed E-state index contributed by atoms with van der Waals surface area (Å²) in [7, 11) is 0. The smallest absolute Gasteiger partial charge is 0.162 e. The highest BCUT2D eigenvalue weighted by Gasteiger charge is 2.47. The number of ketones is 2. The number of hydrogen-bond acceptors (Lipinski definition) is 3. The number of hydrogen-bond donors (Lipinski definition) is 1. The maximum atomic E-state index is 13.8. The van der Waals surface area contributed by atoms with Gasteiger partial charge in [0.25, 0.3) is 0 Å². The molecule has 37 heavy (non-hydrogen) atoms. The molecule has 0 bridgehead atoms. The highest BCUT2D eigenvalue weighted by atomic mass is 35.5. The summed E-state index contributed by atoms with van der Waals surface area (Å²) in [5, 5.41) is 5.43. The summed E-state index contributed by atoms with van der Waals surface area (Å²) in [6, 6.07) is 16.2. The Kier molecular flexibility index (Phi) is 5.54. The lowest BCUT2D eigenvalue weighted by Crippen LogP contribution is -2.42. The summed E-state index contributed by atoms with van der Waals surface area (Å²) >= 11 is 6.53. The minimum atomic E-state index is -0.351. The number of Topliss-reactive ketones (excluding diaryl/α,β-unsaturated/α-hetero) is 2. The molecular formula is C32H33ClN2O2. The monoisotopic (exact) mass is 512 g/mol. The van der Waals surface area contributed by atoms with E-state index in [4.69, 9.17) is 11.6 Å². The van der Waals surface area contributed by atoms with Crippen molar-refractivity contribution in [3.8, 4) is 0 Å². The normalized spacial score (nSPS) is 21.2. The third-order valence-electron chi connectivity index (χ3n) is 8.15. The average molecular weight is 513 g/mol. The van der Waals surface area contributed by atoms with Crippen LogP contribution in [0.25, 0.3) is 10.9 Å². The van der Waals surface area contributed by atoms with Crippen LogP contribution in [0.1, 0.15) is 70.4 Å². The Balaban J connectivity index is 1.57. The first-order valence-electron chi connectivity index (χ1n) is 13.1. The van der Waals surface area contributed by atoms with Crippen LogP contribution in [0.2, 0.25) is 5.02 Å². The lowest BCUT2D eigenvalue weighted by atomic mass is 9.64. The highest BCUT2D eigenvalue weighted by molar-refractivity contribution is 6.31. The maximum Gasteiger partial charge on any atom is 0.162 e. The second kappa shape index (κ2) is 8.46. The third kappa shape index (κ3) is 4.16. The van der Waals surface area contributed by atoms with Crippen molar-refractivity contribution in [1.82, 2.24) is 9.88 Å². The second-order valence-electron chi connectivity index (χ2n) is 12.5. The van der Waals surface area contributed by atoms with Gasteiger partial charge in [-0.1, -0.05) is 75.7 Å². The van der Waals surface area contributed by atoms with Gasteiger partial charge < -0.3 is 9.88 Å². The highest BCUT2D eigenvalue weighted by Crippen LogP contribution is 2.52. The largest absolute Gasteiger partial charge is 0.362 e. The molecule has 6 rings (SSSR count). The van der Waals surface area contributed by atoms with Gasteiger partial charge in [0.1, 0.15) is 0 Å². The standard InChI is InChI=1S/C32H33ClN2O2/c1-31(2)13-23-29(26(36)15-31)28(30-24(34-23)14-32(3,4)16-27(30)37)21-18-35(25-12-8-6-10-20(21)25)17-19-9-5-7-11-22(19)33/h5-12,18,28,34H,13-17H2,1-4H3. The first-order valence-corrected chi connectivity index (χ1v) is 13.5. The van der Waals surface area contributed by atoms with Crippen LogP contribution in [-0.2, 0) is 16.1 Å². The number of para-hydroxylation sites is 1. The summed E-state index contributed by atoms with van der Waals surface area (Å²) < 4.78 is 2.21. The molecule has 190 valence electrons. The summed E-state index contributed by atoms with van der Waals surface area (Å²) in [6.45, 7) is 9.23. The van der Waals surface area contributed by atoms with Gasteiger partial charge in [0, 0.05) is 70.0 Å². The molecule has 0 unspecified atom stereocenters. The number of benzene rings is 2. The molecule has 0 atom stereocenters. The van der Waals surface area contributed by atoms with E-state index >= 15 is 0 Å². The molecular weight excluding hydrogens is 480 g/mol. The molecule has 1 aliphatic heterocycles. The lowest BCUT2D eigenvalue weighted by Gasteiger charge is -2.43. The number of dihydropyridines is 1. The number of carbonyl (C=O) groups is 2. The summed E-state index contributed by atoms with van der Waals surface area (Å²) in [5.41, 5.74) is 6.48. The van der Waals surface area contributed by atoms with E-state index in [-0.39, 0.29) is 28.3 Å². The van der Waals surface area contributed by atoms with E-state index in [9.17, 15) is 9.59 Å². The minimum absolute atomic E-state index is 0.113. The number of halogens is 1. The number of carbonyl (C=O) groups excluding carboxylic acids is 2. The Morgan fingerprint density at radius 1 is 0.838 bits per heavy atom. The van der Waals surface area contributed by atoms with Crippen LogP contribution in [0.3, 0.4) is 0 Å². The predicted molar refractivity (Wildman–Crippen MR) is 148 cm³/mol. The van der Waals surface area contributed by atoms with Gasteiger partial charge >= 0.3 is 0 Å². The first-order chi connectivity index (χ1) is 17.5. The molecule has 1 aromatic heterocycles. The van der Waals surface area contributed by atoms with E-state index in [1.54, 1.807) is 0 Å². The molecule has 1 N–H and O–H groups in total. The van der Waals surface area contributed by atoms with Gasteiger partial charge in [0.05, 0.1) is 0 Å². The average Bonchev–Trinajstić information content (AvgIpc) is 3.16. The molecule has 3 aliphatic rings. The van der Waals surface area contributed by atoms with Crippen molar-refractivity contribution in [1.29, 1.82) is 0 Å². The predicted octanol–water partition coefficient (Wildman–Crippen LogP) is 7.32. The van der Waals surface area contributed by atoms with Gasteiger partial charge in [0.15, 0.2) is 11.6 Å². The Morgan fingerprint density at radius 2 is 1.41 bits per heavy atom. The fraction of sp³-hybridized carbons (Fsp3) is 0.375. The molecule has 2 aromatic carbocycles. The van der Waals surface area contributed by atoms with Crippen LogP contribution in [0.15, 0.2) is 77.3 Å². The molecule has 5 heteroatoms. The molecule has 2 heterocycles. The van der Waals surface area contributed by atoms with E-state index < -0.39 is 0 Å². The van der Waals surface area contributed by atoms with Crippen molar-refractivity contribution in [2.75, 3.05) is 0 Å². The number of nitrogens with one attached hydrogen (secondary N) is 1. The van der Waals surface area contributed by atoms with Gasteiger partial charge in [-0.25, -0.2) is 0 Å². The van der Waals surface area contributed by atoms with Crippen molar-refractivity contribution in [2.45, 2.75) is 65.8 Å². The summed E-state index contributed by atoms with van der Waals surface area (Å²) in [6.07, 6.45) is 4.73. The van der Waals surface area contributed by atoms with E-state index in [0.29, 0.717) is 19.4 Å². The SMILES string of the molecule is CC1(C)CC(=O)C2=C(C1)NC1=C(C(=O)CC(C)(C)C1)C2c1cn(Cc2ccccc2Cl)c2ccccc12. The van der Waals surface area contributed by atoms with Crippen molar-refractivity contribution in [2.24, 2.45) is 10.8 Å². The third-order valence-corrected chi connectivity index (χ3v) is 8.52. The number of aromatic nitrogens is 1. The number of allylic oxidation sites excluding steroid dienone is 4. The number of nitrogens with zero attached hydrogens (tertiary/aromatic N) is 1. The van der Waals surface area contributed by atoms with Gasteiger partial charge in [-0.3, -0.25) is 9.59 Å². The van der Waals surface area contributed by atoms with Crippen LogP contribution in [0.4, 0.5) is 0 Å². The first kappa shape index (κ1) is 24.2. The summed E-state index contributed by atoms with van der Waals surface area (Å²) in [4.78, 5) is 27.5. The topological polar surface area (TPSA) is 51.1 Å². The van der Waals surface area contributed by atoms with Crippen LogP contribution in [0, 0.1) is 10.8 Å². The van der Waals surface area contributed by atoms with Crippen LogP contribution < -0.4 is 5.32 Å². The number of rotatable bonds is 3. The summed E-state index contributed by atoms with van der Waals surface area (Å²) in [5.74, 6) is -0.0532. The molecule has 0 saturated heterocycles. The Hall–Kier alpha value is -3.11. The molecule has 0 fully saturated rings. The Morgan fingerprint density at radius 3 is 2.03 bits per heavy atom. The van der Waals surface area contributed by atoms with Crippen LogP contribution in [-0.4, -0.2) is 16.1 Å². The molecule has 3 aromatic rings. The molecule has 4 nitrogen and oxygen atoms in total. The minimum Gasteiger partial charge on any atom is -0.362 e. The molecule has 0 saturated carbocycles.